The Balaban J connectivity index is 1.68. The van der Waals surface area contributed by atoms with E-state index in [1.807, 2.05) is 6.07 Å². The van der Waals surface area contributed by atoms with Crippen molar-refractivity contribution in [3.63, 3.8) is 0 Å². The van der Waals surface area contributed by atoms with Gasteiger partial charge in [0.25, 0.3) is 0 Å². The first-order valence-corrected chi connectivity index (χ1v) is 8.14. The van der Waals surface area contributed by atoms with Crippen LogP contribution in [0, 0.1) is 5.82 Å². The number of hydrogen-bond acceptors (Lipinski definition) is 3. The van der Waals surface area contributed by atoms with Gasteiger partial charge in [0.1, 0.15) is 5.82 Å². The van der Waals surface area contributed by atoms with E-state index < -0.39 is 0 Å². The second-order valence-electron chi connectivity index (χ2n) is 6.54. The quantitative estimate of drug-likeness (QED) is 0.899. The van der Waals surface area contributed by atoms with Crippen molar-refractivity contribution in [3.8, 4) is 0 Å². The van der Waals surface area contributed by atoms with Crippen molar-refractivity contribution in [2.24, 2.45) is 0 Å². The fourth-order valence-electron chi connectivity index (χ4n) is 3.03. The fraction of sp³-hybridized carbons (Fsp3) is 0.647. The molecule has 0 bridgehead atoms. The van der Waals surface area contributed by atoms with Crippen molar-refractivity contribution >= 4 is 5.69 Å². The summed E-state index contributed by atoms with van der Waals surface area (Å²) in [4.78, 5) is 4.91. The molecule has 0 aromatic heterocycles. The molecular formula is C17H26FN3. The third kappa shape index (κ3) is 3.74. The van der Waals surface area contributed by atoms with Gasteiger partial charge in [0.05, 0.1) is 0 Å². The number of nitrogens with one attached hydrogen (secondary N) is 1. The molecule has 1 saturated carbocycles. The number of nitrogens with zero attached hydrogens (tertiary/aromatic N) is 2. The van der Waals surface area contributed by atoms with Crippen molar-refractivity contribution in [2.75, 3.05) is 31.1 Å². The first-order chi connectivity index (χ1) is 10.1. The highest BCUT2D eigenvalue weighted by atomic mass is 19.1. The van der Waals surface area contributed by atoms with Crippen LogP contribution in [0.2, 0.25) is 0 Å². The molecular weight excluding hydrogens is 265 g/mol. The van der Waals surface area contributed by atoms with Crippen LogP contribution in [-0.4, -0.2) is 43.2 Å². The molecule has 0 spiro atoms. The molecule has 1 aliphatic carbocycles. The lowest BCUT2D eigenvalue weighted by Crippen LogP contribution is -2.49. The fourth-order valence-corrected chi connectivity index (χ4v) is 3.03. The normalized spacial score (nSPS) is 20.3. The van der Waals surface area contributed by atoms with Crippen molar-refractivity contribution in [2.45, 2.75) is 45.3 Å². The molecule has 116 valence electrons. The summed E-state index contributed by atoms with van der Waals surface area (Å²) in [5.41, 5.74) is 2.30. The summed E-state index contributed by atoms with van der Waals surface area (Å²) < 4.78 is 13.6. The van der Waals surface area contributed by atoms with E-state index in [1.54, 1.807) is 12.1 Å². The SMILES string of the molecule is CC(C)N1CCN(c2ccc(F)cc2CNC2CC2)CC1. The Hall–Kier alpha value is -1.13. The van der Waals surface area contributed by atoms with E-state index in [1.165, 1.54) is 18.5 Å². The van der Waals surface area contributed by atoms with Gasteiger partial charge in [-0.05, 0) is 50.5 Å². The Bertz CT molecular complexity index is 477. The molecule has 1 heterocycles. The molecule has 1 aromatic rings. The standard InChI is InChI=1S/C17H26FN3/c1-13(2)20-7-9-21(10-8-20)17-6-3-15(18)11-14(17)12-19-16-4-5-16/h3,6,11,13,16,19H,4-5,7-10,12H2,1-2H3. The monoisotopic (exact) mass is 291 g/mol. The summed E-state index contributed by atoms with van der Waals surface area (Å²) in [6.45, 7) is 9.51. The van der Waals surface area contributed by atoms with Crippen LogP contribution in [0.3, 0.4) is 0 Å². The van der Waals surface area contributed by atoms with Crippen molar-refractivity contribution in [3.05, 3.63) is 29.6 Å². The minimum atomic E-state index is -0.132. The second-order valence-corrected chi connectivity index (χ2v) is 6.54. The van der Waals surface area contributed by atoms with Crippen molar-refractivity contribution < 1.29 is 4.39 Å². The highest BCUT2D eigenvalue weighted by molar-refractivity contribution is 5.54. The van der Waals surface area contributed by atoms with Crippen LogP contribution in [0.4, 0.5) is 10.1 Å². The summed E-state index contributed by atoms with van der Waals surface area (Å²) in [7, 11) is 0. The zero-order valence-electron chi connectivity index (χ0n) is 13.1. The Morgan fingerprint density at radius 3 is 2.52 bits per heavy atom. The van der Waals surface area contributed by atoms with Gasteiger partial charge in [-0.25, -0.2) is 4.39 Å². The molecule has 0 radical (unpaired) electrons. The molecule has 1 aliphatic heterocycles. The van der Waals surface area contributed by atoms with Crippen LogP contribution in [0.5, 0.6) is 0 Å². The molecule has 0 atom stereocenters. The molecule has 21 heavy (non-hydrogen) atoms. The van der Waals surface area contributed by atoms with Gasteiger partial charge in [-0.3, -0.25) is 4.90 Å². The second kappa shape index (κ2) is 6.32. The zero-order valence-corrected chi connectivity index (χ0v) is 13.1. The van der Waals surface area contributed by atoms with Crippen molar-refractivity contribution in [1.82, 2.24) is 10.2 Å². The number of piperazine rings is 1. The molecule has 1 aromatic carbocycles. The van der Waals surface area contributed by atoms with E-state index in [9.17, 15) is 4.39 Å². The van der Waals surface area contributed by atoms with Gasteiger partial charge in [0.2, 0.25) is 0 Å². The molecule has 0 unspecified atom stereocenters. The number of halogens is 1. The summed E-state index contributed by atoms with van der Waals surface area (Å²) in [5.74, 6) is -0.132. The predicted molar refractivity (Wildman–Crippen MR) is 85.2 cm³/mol. The lowest BCUT2D eigenvalue weighted by atomic mass is 10.1. The molecule has 1 saturated heterocycles. The zero-order chi connectivity index (χ0) is 14.8. The summed E-state index contributed by atoms with van der Waals surface area (Å²) in [6, 6.07) is 6.49. The third-order valence-corrected chi connectivity index (χ3v) is 4.59. The lowest BCUT2D eigenvalue weighted by molar-refractivity contribution is 0.209. The maximum Gasteiger partial charge on any atom is 0.123 e. The van der Waals surface area contributed by atoms with E-state index in [-0.39, 0.29) is 5.82 Å². The van der Waals surface area contributed by atoms with Gasteiger partial charge in [0, 0.05) is 50.5 Å². The van der Waals surface area contributed by atoms with Crippen LogP contribution in [0.1, 0.15) is 32.3 Å². The van der Waals surface area contributed by atoms with E-state index in [0.717, 1.165) is 38.3 Å². The third-order valence-electron chi connectivity index (χ3n) is 4.59. The van der Waals surface area contributed by atoms with Crippen molar-refractivity contribution in [1.29, 1.82) is 0 Å². The Kier molecular flexibility index (Phi) is 4.45. The molecule has 1 N–H and O–H groups in total. The van der Waals surface area contributed by atoms with Gasteiger partial charge in [-0.2, -0.15) is 0 Å². The van der Waals surface area contributed by atoms with Gasteiger partial charge in [0.15, 0.2) is 0 Å². The van der Waals surface area contributed by atoms with E-state index >= 15 is 0 Å². The Labute approximate surface area is 127 Å². The van der Waals surface area contributed by atoms with Crippen LogP contribution >= 0.6 is 0 Å². The smallest absolute Gasteiger partial charge is 0.123 e. The number of anilines is 1. The molecule has 3 nitrogen and oxygen atoms in total. The first-order valence-electron chi connectivity index (χ1n) is 8.14. The molecule has 0 amide bonds. The van der Waals surface area contributed by atoms with Crippen LogP contribution in [-0.2, 0) is 6.54 Å². The van der Waals surface area contributed by atoms with Gasteiger partial charge >= 0.3 is 0 Å². The molecule has 2 aliphatic rings. The van der Waals surface area contributed by atoms with Gasteiger partial charge in [-0.1, -0.05) is 0 Å². The lowest BCUT2D eigenvalue weighted by Gasteiger charge is -2.39. The summed E-state index contributed by atoms with van der Waals surface area (Å²) in [5, 5.41) is 3.50. The average Bonchev–Trinajstić information content (AvgIpc) is 3.29. The summed E-state index contributed by atoms with van der Waals surface area (Å²) >= 11 is 0. The van der Waals surface area contributed by atoms with E-state index in [2.05, 4.69) is 29.0 Å². The summed E-state index contributed by atoms with van der Waals surface area (Å²) in [6.07, 6.45) is 2.52. The largest absolute Gasteiger partial charge is 0.369 e. The minimum absolute atomic E-state index is 0.132. The van der Waals surface area contributed by atoms with Crippen LogP contribution in [0.25, 0.3) is 0 Å². The minimum Gasteiger partial charge on any atom is -0.369 e. The number of benzene rings is 1. The first kappa shape index (κ1) is 14.8. The van der Waals surface area contributed by atoms with Gasteiger partial charge < -0.3 is 10.2 Å². The molecule has 2 fully saturated rings. The highest BCUT2D eigenvalue weighted by Crippen LogP contribution is 2.25. The average molecular weight is 291 g/mol. The Morgan fingerprint density at radius 1 is 1.19 bits per heavy atom. The predicted octanol–water partition coefficient (Wildman–Crippen LogP) is 2.61. The topological polar surface area (TPSA) is 18.5 Å². The molecule has 4 heteroatoms. The van der Waals surface area contributed by atoms with Crippen LogP contribution in [0.15, 0.2) is 18.2 Å². The maximum atomic E-state index is 13.6. The van der Waals surface area contributed by atoms with E-state index in [4.69, 9.17) is 0 Å². The van der Waals surface area contributed by atoms with E-state index in [0.29, 0.717) is 12.1 Å². The Morgan fingerprint density at radius 2 is 1.90 bits per heavy atom. The highest BCUT2D eigenvalue weighted by Gasteiger charge is 2.23. The number of hydrogen-bond donors (Lipinski definition) is 1. The molecule has 3 rings (SSSR count). The van der Waals surface area contributed by atoms with Gasteiger partial charge in [-0.15, -0.1) is 0 Å². The number of rotatable bonds is 5. The van der Waals surface area contributed by atoms with Crippen LogP contribution < -0.4 is 10.2 Å². The maximum absolute atomic E-state index is 13.6.